The molecule has 124 valence electrons. The van der Waals surface area contributed by atoms with Crippen LogP contribution in [0.4, 0.5) is 5.69 Å². The van der Waals surface area contributed by atoms with Gasteiger partial charge in [0.2, 0.25) is 0 Å². The van der Waals surface area contributed by atoms with Gasteiger partial charge in [-0.3, -0.25) is 9.89 Å². The number of aromatic nitrogens is 3. The van der Waals surface area contributed by atoms with Gasteiger partial charge in [0.05, 0.1) is 25.0 Å². The summed E-state index contributed by atoms with van der Waals surface area (Å²) in [5, 5.41) is 10.5. The van der Waals surface area contributed by atoms with Gasteiger partial charge in [-0.2, -0.15) is 5.10 Å². The molecular formula is C18H14N4O3. The number of benzene rings is 2. The number of carbonyl (C=O) groups is 1. The number of hydrogen-bond acceptors (Lipinski definition) is 5. The molecule has 2 N–H and O–H groups in total. The fourth-order valence-electron chi connectivity index (χ4n) is 2.47. The first-order valence-electron chi connectivity index (χ1n) is 7.58. The van der Waals surface area contributed by atoms with E-state index in [-0.39, 0.29) is 5.89 Å². The molecule has 7 nitrogen and oxygen atoms in total. The highest BCUT2D eigenvalue weighted by molar-refractivity contribution is 6.02. The van der Waals surface area contributed by atoms with Crippen molar-refractivity contribution < 1.29 is 13.9 Å². The summed E-state index contributed by atoms with van der Waals surface area (Å²) < 4.78 is 10.7. The van der Waals surface area contributed by atoms with Gasteiger partial charge in [-0.1, -0.05) is 0 Å². The fraction of sp³-hybridized carbons (Fsp3) is 0.0556. The van der Waals surface area contributed by atoms with E-state index in [0.29, 0.717) is 11.4 Å². The summed E-state index contributed by atoms with van der Waals surface area (Å²) in [7, 11) is 1.60. The van der Waals surface area contributed by atoms with Crippen LogP contribution in [-0.4, -0.2) is 28.2 Å². The highest BCUT2D eigenvalue weighted by Crippen LogP contribution is 2.24. The maximum Gasteiger partial charge on any atom is 0.311 e. The molecule has 4 aromatic rings. The lowest BCUT2D eigenvalue weighted by Gasteiger charge is -2.02. The van der Waals surface area contributed by atoms with Gasteiger partial charge in [0.25, 0.3) is 5.89 Å². The van der Waals surface area contributed by atoms with Crippen molar-refractivity contribution >= 4 is 22.5 Å². The number of nitrogens with zero attached hydrogens (tertiary/aromatic N) is 2. The molecule has 25 heavy (non-hydrogen) atoms. The van der Waals surface area contributed by atoms with E-state index in [1.165, 1.54) is 6.20 Å². The third-order valence-corrected chi connectivity index (χ3v) is 3.77. The fourth-order valence-corrected chi connectivity index (χ4v) is 2.47. The van der Waals surface area contributed by atoms with E-state index < -0.39 is 5.91 Å². The number of hydrogen-bond donors (Lipinski definition) is 2. The van der Waals surface area contributed by atoms with Crippen molar-refractivity contribution in [3.63, 3.8) is 0 Å². The predicted octanol–water partition coefficient (Wildman–Crippen LogP) is 3.48. The van der Waals surface area contributed by atoms with Gasteiger partial charge >= 0.3 is 5.91 Å². The van der Waals surface area contributed by atoms with Crippen molar-refractivity contribution in [2.24, 2.45) is 0 Å². The molecule has 4 rings (SSSR count). The number of oxazole rings is 1. The Labute approximate surface area is 142 Å². The van der Waals surface area contributed by atoms with Crippen molar-refractivity contribution in [1.29, 1.82) is 0 Å². The molecule has 0 aliphatic carbocycles. The average molecular weight is 334 g/mol. The highest BCUT2D eigenvalue weighted by atomic mass is 16.5. The number of fused-ring (bicyclic) bond motifs is 1. The molecule has 0 aliphatic heterocycles. The molecule has 2 heterocycles. The van der Waals surface area contributed by atoms with Crippen LogP contribution in [0.2, 0.25) is 0 Å². The predicted molar refractivity (Wildman–Crippen MR) is 92.5 cm³/mol. The number of rotatable bonds is 4. The lowest BCUT2D eigenvalue weighted by Crippen LogP contribution is -2.12. The third kappa shape index (κ3) is 2.94. The summed E-state index contributed by atoms with van der Waals surface area (Å²) in [5.74, 6) is 0.835. The van der Waals surface area contributed by atoms with Crippen LogP contribution in [0.25, 0.3) is 22.2 Å². The summed E-state index contributed by atoms with van der Waals surface area (Å²) in [4.78, 5) is 16.4. The molecule has 0 fully saturated rings. The Morgan fingerprint density at radius 2 is 2.00 bits per heavy atom. The zero-order valence-corrected chi connectivity index (χ0v) is 13.3. The van der Waals surface area contributed by atoms with E-state index in [9.17, 15) is 4.79 Å². The van der Waals surface area contributed by atoms with Gasteiger partial charge in [-0.25, -0.2) is 4.98 Å². The van der Waals surface area contributed by atoms with Crippen LogP contribution in [0, 0.1) is 0 Å². The second-order valence-electron chi connectivity index (χ2n) is 5.38. The molecular weight excluding hydrogens is 320 g/mol. The summed E-state index contributed by atoms with van der Waals surface area (Å²) in [6.45, 7) is 0. The molecule has 2 aromatic carbocycles. The molecule has 0 atom stereocenters. The Kier molecular flexibility index (Phi) is 3.66. The van der Waals surface area contributed by atoms with Crippen LogP contribution in [0.5, 0.6) is 5.75 Å². The number of carbonyl (C=O) groups excluding carboxylic acids is 1. The standard InChI is InChI=1S/C18H14N4O3/c1-24-14-6-3-11(4-7-14)16-10-19-18(25-16)17(23)21-13-5-2-12-9-20-22-15(12)8-13/h2-10H,1H3,(H,20,22)(H,21,23). The Hall–Kier alpha value is -3.61. The van der Waals surface area contributed by atoms with E-state index in [2.05, 4.69) is 20.5 Å². The largest absolute Gasteiger partial charge is 0.497 e. The minimum atomic E-state index is -0.418. The highest BCUT2D eigenvalue weighted by Gasteiger charge is 2.15. The molecule has 7 heteroatoms. The van der Waals surface area contributed by atoms with Crippen LogP contribution in [0.1, 0.15) is 10.7 Å². The minimum absolute atomic E-state index is 0.00414. The van der Waals surface area contributed by atoms with Gasteiger partial charge in [-0.05, 0) is 42.5 Å². The number of H-pyrrole nitrogens is 1. The van der Waals surface area contributed by atoms with E-state index in [1.807, 2.05) is 30.3 Å². The molecule has 0 bridgehead atoms. The molecule has 0 unspecified atom stereocenters. The summed E-state index contributed by atoms with van der Waals surface area (Å²) in [5.41, 5.74) is 2.28. The average Bonchev–Trinajstić information content (AvgIpc) is 3.31. The summed E-state index contributed by atoms with van der Waals surface area (Å²) in [6.07, 6.45) is 3.24. The van der Waals surface area contributed by atoms with Gasteiger partial charge in [-0.15, -0.1) is 0 Å². The Balaban J connectivity index is 1.53. The second kappa shape index (κ2) is 6.12. The van der Waals surface area contributed by atoms with Gasteiger partial charge < -0.3 is 14.5 Å². The monoisotopic (exact) mass is 334 g/mol. The van der Waals surface area contributed by atoms with E-state index in [0.717, 1.165) is 22.2 Å². The molecule has 0 spiro atoms. The van der Waals surface area contributed by atoms with E-state index in [4.69, 9.17) is 9.15 Å². The zero-order chi connectivity index (χ0) is 17.2. The number of methoxy groups -OCH3 is 1. The topological polar surface area (TPSA) is 93.0 Å². The molecule has 0 aliphatic rings. The Bertz CT molecular complexity index is 1030. The molecule has 0 saturated heterocycles. The van der Waals surface area contributed by atoms with Crippen LogP contribution in [0.15, 0.2) is 59.3 Å². The van der Waals surface area contributed by atoms with E-state index in [1.54, 1.807) is 25.4 Å². The summed E-state index contributed by atoms with van der Waals surface area (Å²) in [6, 6.07) is 12.8. The number of aromatic amines is 1. The van der Waals surface area contributed by atoms with Gasteiger partial charge in [0.1, 0.15) is 5.75 Å². The normalized spacial score (nSPS) is 10.8. The molecule has 2 aromatic heterocycles. The smallest absolute Gasteiger partial charge is 0.311 e. The number of amides is 1. The lowest BCUT2D eigenvalue weighted by molar-refractivity contribution is 0.0991. The zero-order valence-electron chi connectivity index (χ0n) is 13.3. The number of nitrogens with one attached hydrogen (secondary N) is 2. The van der Waals surface area contributed by atoms with Gasteiger partial charge in [0.15, 0.2) is 5.76 Å². The molecule has 0 radical (unpaired) electrons. The maximum absolute atomic E-state index is 12.3. The summed E-state index contributed by atoms with van der Waals surface area (Å²) >= 11 is 0. The molecule has 1 amide bonds. The van der Waals surface area contributed by atoms with Crippen molar-refractivity contribution in [3.8, 4) is 17.1 Å². The van der Waals surface area contributed by atoms with Crippen molar-refractivity contribution in [2.75, 3.05) is 12.4 Å². The minimum Gasteiger partial charge on any atom is -0.497 e. The third-order valence-electron chi connectivity index (χ3n) is 3.77. The van der Waals surface area contributed by atoms with Crippen molar-refractivity contribution in [2.45, 2.75) is 0 Å². The van der Waals surface area contributed by atoms with Crippen molar-refractivity contribution in [3.05, 3.63) is 60.7 Å². The Morgan fingerprint density at radius 3 is 2.80 bits per heavy atom. The second-order valence-corrected chi connectivity index (χ2v) is 5.38. The van der Waals surface area contributed by atoms with Crippen LogP contribution >= 0.6 is 0 Å². The maximum atomic E-state index is 12.3. The van der Waals surface area contributed by atoms with E-state index >= 15 is 0 Å². The van der Waals surface area contributed by atoms with Crippen LogP contribution in [-0.2, 0) is 0 Å². The Morgan fingerprint density at radius 1 is 1.16 bits per heavy atom. The first-order chi connectivity index (χ1) is 12.2. The number of ether oxygens (including phenoxy) is 1. The first kappa shape index (κ1) is 14.9. The number of anilines is 1. The molecule has 0 saturated carbocycles. The van der Waals surface area contributed by atoms with Crippen molar-refractivity contribution in [1.82, 2.24) is 15.2 Å². The quantitative estimate of drug-likeness (QED) is 0.596. The first-order valence-corrected chi connectivity index (χ1v) is 7.58. The SMILES string of the molecule is COc1ccc(-c2cnc(C(=O)Nc3ccc4cn[nH]c4c3)o2)cc1. The van der Waals surface area contributed by atoms with Gasteiger partial charge in [0, 0.05) is 16.6 Å². The van der Waals surface area contributed by atoms with Crippen LogP contribution < -0.4 is 10.1 Å². The lowest BCUT2D eigenvalue weighted by atomic mass is 10.2. The van der Waals surface area contributed by atoms with Crippen LogP contribution in [0.3, 0.4) is 0 Å².